The summed E-state index contributed by atoms with van der Waals surface area (Å²) in [6.45, 7) is 3.24. The lowest BCUT2D eigenvalue weighted by atomic mass is 10.1. The molecule has 0 aromatic carbocycles. The van der Waals surface area contributed by atoms with E-state index in [9.17, 15) is 15.0 Å². The first-order chi connectivity index (χ1) is 7.91. The number of pyridine rings is 1. The Balaban J connectivity index is 2.74. The first-order valence-electron chi connectivity index (χ1n) is 5.13. The summed E-state index contributed by atoms with van der Waals surface area (Å²) in [5, 5.41) is 19.4. The third-order valence-corrected chi connectivity index (χ3v) is 3.10. The molecular weight excluding hydrogens is 240 g/mol. The van der Waals surface area contributed by atoms with Crippen LogP contribution < -0.4 is 5.73 Å². The van der Waals surface area contributed by atoms with E-state index in [1.807, 2.05) is 6.92 Å². The fourth-order valence-corrected chi connectivity index (χ4v) is 1.91. The highest BCUT2D eigenvalue weighted by Crippen LogP contribution is 2.23. The molecule has 0 aliphatic rings. The molecule has 17 heavy (non-hydrogen) atoms. The van der Waals surface area contributed by atoms with Crippen molar-refractivity contribution in [3.63, 3.8) is 0 Å². The van der Waals surface area contributed by atoms with Crippen molar-refractivity contribution >= 4 is 22.6 Å². The van der Waals surface area contributed by atoms with Crippen molar-refractivity contribution in [1.82, 2.24) is 4.98 Å². The summed E-state index contributed by atoms with van der Waals surface area (Å²) in [6, 6.07) is 1.68. The van der Waals surface area contributed by atoms with E-state index in [4.69, 9.17) is 5.73 Å². The Kier molecular flexibility index (Phi) is 4.92. The number of aliphatic hydroxyl groups excluding tert-OH is 2. The summed E-state index contributed by atoms with van der Waals surface area (Å²) in [4.78, 5) is 14.7. The number of aryl methyl sites for hydroxylation is 1. The Hall–Kier alpha value is -1.11. The minimum absolute atomic E-state index is 0.110. The van der Waals surface area contributed by atoms with Gasteiger partial charge in [-0.05, 0) is 18.6 Å². The summed E-state index contributed by atoms with van der Waals surface area (Å²) < 4.78 is 0. The number of rotatable bonds is 4. The van der Waals surface area contributed by atoms with Crippen molar-refractivity contribution in [2.75, 3.05) is 11.5 Å². The second-order valence-corrected chi connectivity index (χ2v) is 5.00. The summed E-state index contributed by atoms with van der Waals surface area (Å²) >= 11 is 0.954. The van der Waals surface area contributed by atoms with E-state index in [-0.39, 0.29) is 16.6 Å². The van der Waals surface area contributed by atoms with E-state index < -0.39 is 12.2 Å². The molecule has 0 aliphatic heterocycles. The van der Waals surface area contributed by atoms with Crippen LogP contribution in [0.2, 0.25) is 0 Å². The molecule has 1 rings (SSSR count). The van der Waals surface area contributed by atoms with Gasteiger partial charge in [0.05, 0.1) is 17.5 Å². The van der Waals surface area contributed by atoms with Gasteiger partial charge in [-0.1, -0.05) is 11.8 Å². The molecule has 94 valence electrons. The van der Waals surface area contributed by atoms with Crippen molar-refractivity contribution in [3.05, 3.63) is 23.5 Å². The minimum Gasteiger partial charge on any atom is -0.397 e. The maximum atomic E-state index is 10.7. The Morgan fingerprint density at radius 3 is 2.76 bits per heavy atom. The quantitative estimate of drug-likeness (QED) is 0.732. The molecular formula is C11H16N2O3S. The minimum atomic E-state index is -1.18. The third-order valence-electron chi connectivity index (χ3n) is 2.19. The van der Waals surface area contributed by atoms with Gasteiger partial charge in [0.2, 0.25) is 0 Å². The molecule has 6 heteroatoms. The van der Waals surface area contributed by atoms with Gasteiger partial charge in [0.1, 0.15) is 6.10 Å². The largest absolute Gasteiger partial charge is 0.397 e. The number of aromatic nitrogens is 1. The highest BCUT2D eigenvalue weighted by Gasteiger charge is 2.22. The van der Waals surface area contributed by atoms with Crippen molar-refractivity contribution in [1.29, 1.82) is 0 Å². The lowest BCUT2D eigenvalue weighted by Gasteiger charge is -2.18. The van der Waals surface area contributed by atoms with Crippen LogP contribution in [0.3, 0.4) is 0 Å². The molecule has 5 nitrogen and oxygen atoms in total. The van der Waals surface area contributed by atoms with Gasteiger partial charge < -0.3 is 15.9 Å². The Bertz CT molecular complexity index is 412. The number of thioether (sulfide) groups is 1. The molecule has 1 aromatic rings. The molecule has 0 saturated heterocycles. The van der Waals surface area contributed by atoms with Crippen LogP contribution in [0.4, 0.5) is 5.69 Å². The number of carbonyl (C=O) groups excluding carboxylic acids is 1. The average Bonchev–Trinajstić information content (AvgIpc) is 2.25. The van der Waals surface area contributed by atoms with Crippen LogP contribution >= 0.6 is 11.8 Å². The number of nitrogens with two attached hydrogens (primary N) is 1. The van der Waals surface area contributed by atoms with Crippen molar-refractivity contribution < 1.29 is 15.0 Å². The van der Waals surface area contributed by atoms with Gasteiger partial charge in [-0.2, -0.15) is 0 Å². The lowest BCUT2D eigenvalue weighted by molar-refractivity contribution is -0.109. The van der Waals surface area contributed by atoms with Crippen molar-refractivity contribution in [2.45, 2.75) is 26.1 Å². The monoisotopic (exact) mass is 256 g/mol. The van der Waals surface area contributed by atoms with Gasteiger partial charge in [-0.15, -0.1) is 0 Å². The maximum Gasteiger partial charge on any atom is 0.185 e. The van der Waals surface area contributed by atoms with Gasteiger partial charge in [0.25, 0.3) is 0 Å². The molecule has 0 radical (unpaired) electrons. The van der Waals surface area contributed by atoms with Crippen molar-refractivity contribution in [2.24, 2.45) is 0 Å². The zero-order valence-electron chi connectivity index (χ0n) is 9.75. The van der Waals surface area contributed by atoms with E-state index in [0.717, 1.165) is 17.3 Å². The van der Waals surface area contributed by atoms with E-state index in [0.29, 0.717) is 5.69 Å². The zero-order chi connectivity index (χ0) is 13.0. The highest BCUT2D eigenvalue weighted by molar-refractivity contribution is 8.13. The van der Waals surface area contributed by atoms with E-state index in [1.165, 1.54) is 6.92 Å². The molecule has 4 N–H and O–H groups in total. The van der Waals surface area contributed by atoms with Gasteiger partial charge in [0.15, 0.2) is 5.12 Å². The summed E-state index contributed by atoms with van der Waals surface area (Å²) in [5.41, 5.74) is 7.17. The molecule has 0 fully saturated rings. The topological polar surface area (TPSA) is 96.4 Å². The fourth-order valence-electron chi connectivity index (χ4n) is 1.33. The molecule has 0 saturated carbocycles. The van der Waals surface area contributed by atoms with Crippen LogP contribution in [0.5, 0.6) is 0 Å². The van der Waals surface area contributed by atoms with Gasteiger partial charge in [-0.3, -0.25) is 9.78 Å². The smallest absolute Gasteiger partial charge is 0.185 e. The number of aliphatic hydroxyl groups is 2. The molecule has 1 heterocycles. The molecule has 0 bridgehead atoms. The lowest BCUT2D eigenvalue weighted by Crippen LogP contribution is -2.23. The molecule has 0 spiro atoms. The van der Waals surface area contributed by atoms with Gasteiger partial charge >= 0.3 is 0 Å². The van der Waals surface area contributed by atoms with Crippen LogP contribution in [0.25, 0.3) is 0 Å². The summed E-state index contributed by atoms with van der Waals surface area (Å²) in [6.07, 6.45) is -0.677. The fraction of sp³-hybridized carbons (Fsp3) is 0.455. The SMILES string of the molecule is CC(=O)SCC(O)C(O)c1ncc(C)cc1N. The van der Waals surface area contributed by atoms with E-state index in [2.05, 4.69) is 4.98 Å². The van der Waals surface area contributed by atoms with Crippen LogP contribution in [0, 0.1) is 6.92 Å². The number of nitrogens with zero attached hydrogens (tertiary/aromatic N) is 1. The normalized spacial score (nSPS) is 14.4. The molecule has 2 atom stereocenters. The first-order valence-corrected chi connectivity index (χ1v) is 6.12. The number of hydrogen-bond acceptors (Lipinski definition) is 6. The predicted molar refractivity (Wildman–Crippen MR) is 67.5 cm³/mol. The Labute approximate surface area is 104 Å². The number of carbonyl (C=O) groups is 1. The molecule has 1 aromatic heterocycles. The third kappa shape index (κ3) is 3.99. The number of hydrogen-bond donors (Lipinski definition) is 3. The maximum absolute atomic E-state index is 10.7. The van der Waals surface area contributed by atoms with Crippen LogP contribution in [0.1, 0.15) is 24.3 Å². The van der Waals surface area contributed by atoms with Crippen LogP contribution in [-0.2, 0) is 4.79 Å². The Morgan fingerprint density at radius 1 is 1.59 bits per heavy atom. The second-order valence-electron chi connectivity index (χ2n) is 3.80. The number of nitrogen functional groups attached to an aromatic ring is 1. The van der Waals surface area contributed by atoms with Gasteiger partial charge in [-0.25, -0.2) is 0 Å². The molecule has 0 aliphatic carbocycles. The molecule has 0 amide bonds. The average molecular weight is 256 g/mol. The summed E-state index contributed by atoms with van der Waals surface area (Å²) in [7, 11) is 0. The van der Waals surface area contributed by atoms with Crippen LogP contribution in [-0.4, -0.2) is 32.2 Å². The van der Waals surface area contributed by atoms with Crippen LogP contribution in [0.15, 0.2) is 12.3 Å². The standard InChI is InChI=1S/C11H16N2O3S/c1-6-3-8(12)10(13-4-6)11(16)9(15)5-17-7(2)14/h3-4,9,11,15-16H,5,12H2,1-2H3. The number of anilines is 1. The zero-order valence-corrected chi connectivity index (χ0v) is 10.6. The van der Waals surface area contributed by atoms with Gasteiger partial charge in [0, 0.05) is 18.9 Å². The second kappa shape index (κ2) is 6.00. The van der Waals surface area contributed by atoms with Crippen molar-refractivity contribution in [3.8, 4) is 0 Å². The predicted octanol–water partition coefficient (Wildman–Crippen LogP) is 0.646. The van der Waals surface area contributed by atoms with E-state index in [1.54, 1.807) is 12.3 Å². The first kappa shape index (κ1) is 14.0. The Morgan fingerprint density at radius 2 is 2.24 bits per heavy atom. The highest BCUT2D eigenvalue weighted by atomic mass is 32.2. The summed E-state index contributed by atoms with van der Waals surface area (Å²) in [5.74, 6) is 0.117. The molecule has 2 unspecified atom stereocenters. The van der Waals surface area contributed by atoms with E-state index >= 15 is 0 Å².